The molecule has 0 bridgehead atoms. The molecule has 0 nitrogen and oxygen atoms in total. The Balaban J connectivity index is -0.00000000500. The van der Waals surface area contributed by atoms with Crippen LogP contribution in [0.2, 0.25) is 0 Å². The Hall–Kier alpha value is 1.57. The van der Waals surface area contributed by atoms with Gasteiger partial charge in [-0.2, -0.15) is 6.92 Å². The van der Waals surface area contributed by atoms with Crippen molar-refractivity contribution in [3.8, 4) is 0 Å². The quantitative estimate of drug-likeness (QED) is 0.385. The van der Waals surface area contributed by atoms with Crippen LogP contribution in [0.5, 0.6) is 0 Å². The smallest absolute Gasteiger partial charge is 0.358 e. The molecule has 0 N–H and O–H groups in total. The van der Waals surface area contributed by atoms with Crippen LogP contribution >= 0.6 is 0 Å². The van der Waals surface area contributed by atoms with Crippen LogP contribution in [0.15, 0.2) is 0 Å². The van der Waals surface area contributed by atoms with E-state index < -0.39 is 0 Å². The van der Waals surface area contributed by atoms with Crippen LogP contribution in [0.25, 0.3) is 0 Å². The summed E-state index contributed by atoms with van der Waals surface area (Å²) in [5, 5.41) is 0. The number of hydrogen-bond donors (Lipinski definition) is 0. The van der Waals surface area contributed by atoms with E-state index in [-0.39, 0.29) is 56.3 Å². The second-order valence-corrected chi connectivity index (χ2v) is 0. The molecular weight excluding hydrogens is 173 g/mol. The molecule has 0 spiro atoms. The molecule has 4 heavy (non-hydrogen) atoms. The van der Waals surface area contributed by atoms with Gasteiger partial charge in [0, 0.05) is 0 Å². The second-order valence-electron chi connectivity index (χ2n) is 0. The summed E-state index contributed by atoms with van der Waals surface area (Å²) >= 11 is 0. The van der Waals surface area contributed by atoms with Crippen LogP contribution in [0.3, 0.4) is 0 Å². The predicted molar refractivity (Wildman–Crippen MR) is 23.2 cm³/mol. The largest absolute Gasteiger partial charge is 2.00 e. The van der Waals surface area contributed by atoms with E-state index >= 15 is 0 Å². The SMILES string of the molecule is [Ba+2].[CH2-]C.[CH3-]. The minimum absolute atomic E-state index is 0. The molecule has 0 amide bonds. The van der Waals surface area contributed by atoms with Crippen LogP contribution in [-0.2, 0) is 0 Å². The second kappa shape index (κ2) is 23.6. The van der Waals surface area contributed by atoms with Crippen molar-refractivity contribution in [2.24, 2.45) is 0 Å². The molecule has 0 heterocycles. The molecule has 0 fully saturated rings. The standard InChI is InChI=1S/C2H5.CH3.Ba/c1-2;;/h1H2,2H3;1H3;/q2*-1;+2. The topological polar surface area (TPSA) is 0 Å². The average Bonchev–Trinajstić information content (AvgIpc) is 1.00. The van der Waals surface area contributed by atoms with Gasteiger partial charge in [0.15, 0.2) is 0 Å². The molecule has 0 aromatic rings. The fraction of sp³-hybridized carbons (Fsp3) is 0.333. The van der Waals surface area contributed by atoms with Gasteiger partial charge in [0.25, 0.3) is 0 Å². The van der Waals surface area contributed by atoms with Crippen molar-refractivity contribution < 1.29 is 0 Å². The van der Waals surface area contributed by atoms with E-state index in [1.165, 1.54) is 0 Å². The molecule has 1 heteroatoms. The minimum Gasteiger partial charge on any atom is -0.358 e. The molecule has 0 unspecified atom stereocenters. The van der Waals surface area contributed by atoms with Crippen molar-refractivity contribution in [1.29, 1.82) is 0 Å². The fourth-order valence-electron chi connectivity index (χ4n) is 0. The van der Waals surface area contributed by atoms with Gasteiger partial charge in [-0.3, -0.25) is 0 Å². The molecule has 0 aliphatic heterocycles. The van der Waals surface area contributed by atoms with Gasteiger partial charge in [-0.25, -0.2) is 0 Å². The van der Waals surface area contributed by atoms with Crippen molar-refractivity contribution in [1.82, 2.24) is 0 Å². The Morgan fingerprint density at radius 1 is 1.25 bits per heavy atom. The first-order valence-electron chi connectivity index (χ1n) is 0.707. The Kier molecular flexibility index (Phi) is 104. The van der Waals surface area contributed by atoms with Gasteiger partial charge in [0.1, 0.15) is 0 Å². The minimum atomic E-state index is 0. The van der Waals surface area contributed by atoms with Gasteiger partial charge in [0.05, 0.1) is 0 Å². The van der Waals surface area contributed by atoms with E-state index in [1.807, 2.05) is 0 Å². The molecule has 0 atom stereocenters. The molecule has 0 rings (SSSR count). The normalized spacial score (nSPS) is 1.50. The third-order valence-electron chi connectivity index (χ3n) is 0. The summed E-state index contributed by atoms with van der Waals surface area (Å²) in [5.41, 5.74) is 0. The van der Waals surface area contributed by atoms with Gasteiger partial charge >= 0.3 is 48.9 Å². The van der Waals surface area contributed by atoms with E-state index in [1.54, 1.807) is 6.92 Å². The van der Waals surface area contributed by atoms with E-state index in [2.05, 4.69) is 6.92 Å². The van der Waals surface area contributed by atoms with Crippen LogP contribution in [0.1, 0.15) is 6.92 Å². The molecule has 0 aliphatic carbocycles. The maximum absolute atomic E-state index is 3.25. The molecule has 0 saturated heterocycles. The molecule has 0 aromatic heterocycles. The zero-order chi connectivity index (χ0) is 2.00. The first kappa shape index (κ1) is 17.6. The van der Waals surface area contributed by atoms with Crippen LogP contribution in [0.4, 0.5) is 0 Å². The average molecular weight is 181 g/mol. The zero-order valence-corrected chi connectivity index (χ0v) is 7.85. The zero-order valence-electron chi connectivity index (χ0n) is 3.41. The van der Waals surface area contributed by atoms with Gasteiger partial charge in [-0.1, -0.05) is 0 Å². The monoisotopic (exact) mass is 182 g/mol. The maximum Gasteiger partial charge on any atom is 2.00 e. The first-order valence-corrected chi connectivity index (χ1v) is 0.707. The third-order valence-corrected chi connectivity index (χ3v) is 0. The number of hydrogen-bond acceptors (Lipinski definition) is 0. The Bertz CT molecular complexity index is 3.25. The summed E-state index contributed by atoms with van der Waals surface area (Å²) in [5.74, 6) is 0. The summed E-state index contributed by atoms with van der Waals surface area (Å²) in [6.07, 6.45) is 0. The van der Waals surface area contributed by atoms with Crippen molar-refractivity contribution >= 4 is 48.9 Å². The summed E-state index contributed by atoms with van der Waals surface area (Å²) in [6, 6.07) is 0. The van der Waals surface area contributed by atoms with Crippen molar-refractivity contribution in [3.63, 3.8) is 0 Å². The van der Waals surface area contributed by atoms with E-state index in [9.17, 15) is 0 Å². The van der Waals surface area contributed by atoms with Crippen LogP contribution in [-0.4, -0.2) is 48.9 Å². The Morgan fingerprint density at radius 2 is 1.25 bits per heavy atom. The van der Waals surface area contributed by atoms with E-state index in [0.29, 0.717) is 0 Å². The van der Waals surface area contributed by atoms with E-state index in [0.717, 1.165) is 0 Å². The summed E-state index contributed by atoms with van der Waals surface area (Å²) < 4.78 is 0. The number of rotatable bonds is 0. The summed E-state index contributed by atoms with van der Waals surface area (Å²) in [6.45, 7) is 5.00. The van der Waals surface area contributed by atoms with Crippen molar-refractivity contribution in [3.05, 3.63) is 14.4 Å². The van der Waals surface area contributed by atoms with Crippen molar-refractivity contribution in [2.45, 2.75) is 6.92 Å². The maximum atomic E-state index is 3.25. The fourth-order valence-corrected chi connectivity index (χ4v) is 0. The molecule has 0 radical (unpaired) electrons. The first-order chi connectivity index (χ1) is 1.00. The van der Waals surface area contributed by atoms with Gasteiger partial charge in [0.2, 0.25) is 0 Å². The third kappa shape index (κ3) is 9.56. The summed E-state index contributed by atoms with van der Waals surface area (Å²) in [4.78, 5) is 0. The molecule has 0 saturated carbocycles. The van der Waals surface area contributed by atoms with Crippen LogP contribution in [0, 0.1) is 14.4 Å². The molecule has 22 valence electrons. The van der Waals surface area contributed by atoms with Gasteiger partial charge in [-0.05, 0) is 0 Å². The Labute approximate surface area is 69.1 Å². The van der Waals surface area contributed by atoms with Crippen molar-refractivity contribution in [2.75, 3.05) is 0 Å². The van der Waals surface area contributed by atoms with Gasteiger partial charge in [-0.15, -0.1) is 0 Å². The van der Waals surface area contributed by atoms with E-state index in [4.69, 9.17) is 0 Å². The molecule has 0 aliphatic rings. The van der Waals surface area contributed by atoms with Crippen LogP contribution < -0.4 is 0 Å². The van der Waals surface area contributed by atoms with Gasteiger partial charge < -0.3 is 14.4 Å². The predicted octanol–water partition coefficient (Wildman–Crippen LogP) is 0.910. The summed E-state index contributed by atoms with van der Waals surface area (Å²) in [7, 11) is 0. The Morgan fingerprint density at radius 3 is 1.25 bits per heavy atom. The molecular formula is C3H8Ba. The molecule has 0 aromatic carbocycles.